The van der Waals surface area contributed by atoms with E-state index in [2.05, 4.69) is 0 Å². The summed E-state index contributed by atoms with van der Waals surface area (Å²) in [5.41, 5.74) is 0.0155. The van der Waals surface area contributed by atoms with Crippen LogP contribution in [0.2, 0.25) is 0 Å². The summed E-state index contributed by atoms with van der Waals surface area (Å²) in [7, 11) is 0. The second kappa shape index (κ2) is 5.16. The van der Waals surface area contributed by atoms with Crippen LogP contribution in [0.3, 0.4) is 0 Å². The maximum absolute atomic E-state index is 12.6. The van der Waals surface area contributed by atoms with Crippen LogP contribution in [0.5, 0.6) is 0 Å². The summed E-state index contributed by atoms with van der Waals surface area (Å²) >= 11 is 10.9. The Kier molecular flexibility index (Phi) is 3.43. The van der Waals surface area contributed by atoms with Crippen LogP contribution in [-0.2, 0) is 0 Å². The van der Waals surface area contributed by atoms with Crippen LogP contribution in [0.1, 0.15) is 52.6 Å². The van der Waals surface area contributed by atoms with Crippen LogP contribution >= 0.6 is 23.2 Å². The van der Waals surface area contributed by atoms with Crippen molar-refractivity contribution in [2.75, 3.05) is 0 Å². The Morgan fingerprint density at radius 2 is 1.36 bits per heavy atom. The molecule has 108 valence electrons. The van der Waals surface area contributed by atoms with E-state index in [-0.39, 0.29) is 33.4 Å². The molecule has 0 spiro atoms. The predicted molar refractivity (Wildman–Crippen MR) is 80.1 cm³/mol. The van der Waals surface area contributed by atoms with E-state index in [1.54, 1.807) is 12.1 Å². The first kappa shape index (κ1) is 14.6. The van der Waals surface area contributed by atoms with Crippen LogP contribution in [0.25, 0.3) is 0 Å². The van der Waals surface area contributed by atoms with Gasteiger partial charge in [-0.2, -0.15) is 0 Å². The summed E-state index contributed by atoms with van der Waals surface area (Å²) in [5, 5.41) is -1.78. The zero-order valence-corrected chi connectivity index (χ0v) is 12.4. The highest BCUT2D eigenvalue weighted by Gasteiger charge is 2.33. The molecule has 3 rings (SSSR count). The van der Waals surface area contributed by atoms with Gasteiger partial charge in [-0.05, 0) is 35.3 Å². The van der Waals surface area contributed by atoms with E-state index in [4.69, 9.17) is 23.2 Å². The Morgan fingerprint density at radius 1 is 0.773 bits per heavy atom. The van der Waals surface area contributed by atoms with Gasteiger partial charge in [0, 0.05) is 33.4 Å². The number of halogens is 2. The molecule has 0 radical (unpaired) electrons. The zero-order chi connectivity index (χ0) is 16.0. The van der Waals surface area contributed by atoms with Gasteiger partial charge < -0.3 is 0 Å². The molecule has 0 N–H and O–H groups in total. The molecule has 22 heavy (non-hydrogen) atoms. The van der Waals surface area contributed by atoms with E-state index in [0.29, 0.717) is 0 Å². The fraction of sp³-hybridized carbons (Fsp3) is 0. The minimum atomic E-state index is -0.934. The fourth-order valence-corrected chi connectivity index (χ4v) is 2.75. The number of fused-ring (bicyclic) bond motifs is 2. The third-order valence-electron chi connectivity index (χ3n) is 3.47. The molecule has 1 aliphatic rings. The van der Waals surface area contributed by atoms with Crippen molar-refractivity contribution >= 4 is 45.3 Å². The number of benzene rings is 2. The van der Waals surface area contributed by atoms with Crippen LogP contribution in [0.4, 0.5) is 0 Å². The average molecular weight is 333 g/mol. The van der Waals surface area contributed by atoms with Crippen molar-refractivity contribution in [3.05, 3.63) is 69.8 Å². The molecule has 0 bridgehead atoms. The minimum absolute atomic E-state index is 0.0424. The van der Waals surface area contributed by atoms with Gasteiger partial charge in [0.05, 0.1) is 0 Å². The summed E-state index contributed by atoms with van der Waals surface area (Å²) in [6.45, 7) is 0. The average Bonchev–Trinajstić information content (AvgIpc) is 2.51. The molecule has 0 fully saturated rings. The molecule has 0 saturated carbocycles. The number of carbonyl (C=O) groups is 4. The second-order valence-corrected chi connectivity index (χ2v) is 5.38. The smallest absolute Gasteiger partial charge is 0.253 e. The Balaban J connectivity index is 2.39. The van der Waals surface area contributed by atoms with Crippen molar-refractivity contribution < 1.29 is 19.2 Å². The van der Waals surface area contributed by atoms with E-state index in [1.807, 2.05) is 0 Å². The Bertz CT molecular complexity index is 884. The second-order valence-electron chi connectivity index (χ2n) is 4.70. The molecule has 0 heterocycles. The van der Waals surface area contributed by atoms with Crippen LogP contribution in [0.15, 0.2) is 36.4 Å². The molecule has 4 nitrogen and oxygen atoms in total. The fourth-order valence-electron chi connectivity index (χ4n) is 2.49. The first-order chi connectivity index (χ1) is 10.4. The Morgan fingerprint density at radius 3 is 1.91 bits per heavy atom. The highest BCUT2D eigenvalue weighted by atomic mass is 35.5. The largest absolute Gasteiger partial charge is 0.289 e. The maximum atomic E-state index is 12.6. The van der Waals surface area contributed by atoms with Crippen LogP contribution < -0.4 is 0 Å². The lowest BCUT2D eigenvalue weighted by atomic mass is 9.81. The van der Waals surface area contributed by atoms with Gasteiger partial charge >= 0.3 is 0 Å². The van der Waals surface area contributed by atoms with Gasteiger partial charge in [-0.1, -0.05) is 24.3 Å². The predicted octanol–water partition coefficient (Wildman–Crippen LogP) is 3.22. The molecule has 0 aromatic heterocycles. The third-order valence-corrected chi connectivity index (χ3v) is 3.89. The third kappa shape index (κ3) is 2.08. The molecular weight excluding hydrogens is 327 g/mol. The van der Waals surface area contributed by atoms with E-state index in [0.717, 1.165) is 6.07 Å². The summed E-state index contributed by atoms with van der Waals surface area (Å²) < 4.78 is 0. The van der Waals surface area contributed by atoms with Gasteiger partial charge in [-0.3, -0.25) is 19.2 Å². The first-order valence-corrected chi connectivity index (χ1v) is 6.93. The number of rotatable bonds is 2. The van der Waals surface area contributed by atoms with Crippen molar-refractivity contribution in [3.8, 4) is 0 Å². The molecule has 6 heteroatoms. The van der Waals surface area contributed by atoms with Gasteiger partial charge in [0.25, 0.3) is 10.5 Å². The van der Waals surface area contributed by atoms with Gasteiger partial charge in [-0.25, -0.2) is 0 Å². The SMILES string of the molecule is O=C(Cl)c1cc(C(=O)Cl)c2c(c1)C(=O)c1ccccc1C2=O. The highest BCUT2D eigenvalue weighted by Crippen LogP contribution is 2.31. The molecule has 0 saturated heterocycles. The highest BCUT2D eigenvalue weighted by molar-refractivity contribution is 6.69. The molecule has 2 aromatic carbocycles. The quantitative estimate of drug-likeness (QED) is 0.675. The minimum Gasteiger partial charge on any atom is -0.289 e. The normalized spacial score (nSPS) is 12.6. The van der Waals surface area contributed by atoms with E-state index < -0.39 is 22.1 Å². The van der Waals surface area contributed by atoms with E-state index in [9.17, 15) is 19.2 Å². The topological polar surface area (TPSA) is 68.3 Å². The van der Waals surface area contributed by atoms with E-state index >= 15 is 0 Å². The maximum Gasteiger partial charge on any atom is 0.253 e. The summed E-state index contributed by atoms with van der Waals surface area (Å²) in [4.78, 5) is 48.1. The number of hydrogen-bond acceptors (Lipinski definition) is 4. The molecule has 1 aliphatic carbocycles. The van der Waals surface area contributed by atoms with Crippen molar-refractivity contribution in [2.45, 2.75) is 0 Å². The lowest BCUT2D eigenvalue weighted by Gasteiger charge is -2.19. The van der Waals surface area contributed by atoms with Crippen molar-refractivity contribution in [2.24, 2.45) is 0 Å². The summed E-state index contributed by atoms with van der Waals surface area (Å²) in [6, 6.07) is 8.59. The lowest BCUT2D eigenvalue weighted by molar-refractivity contribution is 0.0974. The number of hydrogen-bond donors (Lipinski definition) is 0. The summed E-state index contributed by atoms with van der Waals surface area (Å²) in [6.07, 6.45) is 0. The lowest BCUT2D eigenvalue weighted by Crippen LogP contribution is -2.24. The van der Waals surface area contributed by atoms with Gasteiger partial charge in [0.1, 0.15) is 0 Å². The van der Waals surface area contributed by atoms with Gasteiger partial charge in [0.15, 0.2) is 11.6 Å². The standard InChI is InChI=1S/C16H6Cl2O4/c17-15(21)7-5-10-12(11(6-7)16(18)22)14(20)9-4-2-1-3-8(9)13(10)19/h1-6H. The van der Waals surface area contributed by atoms with Crippen molar-refractivity contribution in [1.82, 2.24) is 0 Å². The van der Waals surface area contributed by atoms with Crippen molar-refractivity contribution in [3.63, 3.8) is 0 Å². The Labute approximate surface area is 134 Å². The first-order valence-electron chi connectivity index (χ1n) is 6.18. The molecule has 0 amide bonds. The number of ketones is 2. The van der Waals surface area contributed by atoms with Gasteiger partial charge in [0.2, 0.25) is 0 Å². The van der Waals surface area contributed by atoms with Crippen LogP contribution in [0, 0.1) is 0 Å². The molecule has 0 aliphatic heterocycles. The molecular formula is C16H6Cl2O4. The number of carbonyl (C=O) groups excluding carboxylic acids is 4. The molecule has 0 atom stereocenters. The zero-order valence-electron chi connectivity index (χ0n) is 10.9. The molecule has 2 aromatic rings. The monoisotopic (exact) mass is 332 g/mol. The van der Waals surface area contributed by atoms with Crippen LogP contribution in [-0.4, -0.2) is 22.1 Å². The Hall–Kier alpha value is -2.30. The van der Waals surface area contributed by atoms with Gasteiger partial charge in [-0.15, -0.1) is 0 Å². The molecule has 0 unspecified atom stereocenters. The van der Waals surface area contributed by atoms with E-state index in [1.165, 1.54) is 18.2 Å². The summed E-state index contributed by atoms with van der Waals surface area (Å²) in [5.74, 6) is -0.938. The van der Waals surface area contributed by atoms with Crippen molar-refractivity contribution in [1.29, 1.82) is 0 Å².